The van der Waals surface area contributed by atoms with Gasteiger partial charge in [-0.3, -0.25) is 4.79 Å². The van der Waals surface area contributed by atoms with E-state index in [1.54, 1.807) is 7.11 Å². The van der Waals surface area contributed by atoms with Crippen LogP contribution in [0.15, 0.2) is 34.8 Å². The minimum Gasteiger partial charge on any atom is -0.496 e. The fraction of sp³-hybridized carbons (Fsp3) is 0.278. The molecule has 0 aliphatic heterocycles. The van der Waals surface area contributed by atoms with Crippen LogP contribution in [0.1, 0.15) is 32.6 Å². The van der Waals surface area contributed by atoms with Gasteiger partial charge in [-0.05, 0) is 43.5 Å². The zero-order valence-electron chi connectivity index (χ0n) is 12.8. The Morgan fingerprint density at radius 2 is 1.90 bits per heavy atom. The van der Waals surface area contributed by atoms with E-state index in [1.807, 2.05) is 51.1 Å². The zero-order chi connectivity index (χ0) is 15.6. The lowest BCUT2D eigenvalue weighted by Crippen LogP contribution is -2.09. The SMILES string of the molecule is COc1c(C)cc(Br)c(C)c1C(=O)Cc1cccc(C)c1. The largest absolute Gasteiger partial charge is 0.496 e. The second-order valence-corrected chi connectivity index (χ2v) is 6.15. The molecule has 0 aliphatic rings. The van der Waals surface area contributed by atoms with Crippen molar-refractivity contribution < 1.29 is 9.53 Å². The molecule has 21 heavy (non-hydrogen) atoms. The second-order valence-electron chi connectivity index (χ2n) is 5.30. The van der Waals surface area contributed by atoms with E-state index >= 15 is 0 Å². The number of hydrogen-bond donors (Lipinski definition) is 0. The molecule has 0 saturated heterocycles. The van der Waals surface area contributed by atoms with Crippen molar-refractivity contribution in [1.82, 2.24) is 0 Å². The third-order valence-corrected chi connectivity index (χ3v) is 4.42. The maximum absolute atomic E-state index is 12.7. The van der Waals surface area contributed by atoms with Crippen LogP contribution in [0.5, 0.6) is 5.75 Å². The lowest BCUT2D eigenvalue weighted by Gasteiger charge is -2.15. The quantitative estimate of drug-likeness (QED) is 0.742. The minimum absolute atomic E-state index is 0.0827. The Labute approximate surface area is 134 Å². The number of rotatable bonds is 4. The number of benzene rings is 2. The normalized spacial score (nSPS) is 10.5. The van der Waals surface area contributed by atoms with Gasteiger partial charge in [-0.1, -0.05) is 45.8 Å². The van der Waals surface area contributed by atoms with Crippen LogP contribution in [-0.4, -0.2) is 12.9 Å². The van der Waals surface area contributed by atoms with Gasteiger partial charge in [0.15, 0.2) is 5.78 Å². The van der Waals surface area contributed by atoms with E-state index in [0.717, 1.165) is 26.7 Å². The highest BCUT2D eigenvalue weighted by Gasteiger charge is 2.19. The van der Waals surface area contributed by atoms with Crippen LogP contribution in [0.3, 0.4) is 0 Å². The van der Waals surface area contributed by atoms with E-state index in [1.165, 1.54) is 0 Å². The minimum atomic E-state index is 0.0827. The van der Waals surface area contributed by atoms with Gasteiger partial charge in [0, 0.05) is 10.9 Å². The second kappa shape index (κ2) is 6.44. The fourth-order valence-electron chi connectivity index (χ4n) is 2.55. The number of hydrogen-bond acceptors (Lipinski definition) is 2. The third-order valence-electron chi connectivity index (χ3n) is 3.59. The van der Waals surface area contributed by atoms with Crippen molar-refractivity contribution in [3.05, 3.63) is 62.6 Å². The van der Waals surface area contributed by atoms with Crippen LogP contribution in [-0.2, 0) is 6.42 Å². The number of carbonyl (C=O) groups excluding carboxylic acids is 1. The lowest BCUT2D eigenvalue weighted by molar-refractivity contribution is 0.0989. The van der Waals surface area contributed by atoms with Crippen molar-refractivity contribution >= 4 is 21.7 Å². The molecule has 0 aromatic heterocycles. The average molecular weight is 347 g/mol. The topological polar surface area (TPSA) is 26.3 Å². The Balaban J connectivity index is 2.43. The molecule has 0 N–H and O–H groups in total. The summed E-state index contributed by atoms with van der Waals surface area (Å²) in [6.07, 6.45) is 0.384. The summed E-state index contributed by atoms with van der Waals surface area (Å²) in [7, 11) is 1.61. The average Bonchev–Trinajstić information content (AvgIpc) is 2.42. The number of aryl methyl sites for hydroxylation is 2. The summed E-state index contributed by atoms with van der Waals surface area (Å²) in [6.45, 7) is 5.92. The van der Waals surface area contributed by atoms with Crippen LogP contribution in [0.2, 0.25) is 0 Å². The smallest absolute Gasteiger partial charge is 0.171 e. The Kier molecular flexibility index (Phi) is 4.84. The molecule has 0 aliphatic carbocycles. The maximum atomic E-state index is 12.7. The number of carbonyl (C=O) groups is 1. The molecule has 0 bridgehead atoms. The highest BCUT2D eigenvalue weighted by Crippen LogP contribution is 2.33. The van der Waals surface area contributed by atoms with Gasteiger partial charge in [-0.2, -0.15) is 0 Å². The predicted octanol–water partition coefficient (Wildman–Crippen LogP) is 4.81. The van der Waals surface area contributed by atoms with Gasteiger partial charge in [-0.15, -0.1) is 0 Å². The van der Waals surface area contributed by atoms with Crippen molar-refractivity contribution in [2.45, 2.75) is 27.2 Å². The van der Waals surface area contributed by atoms with E-state index in [9.17, 15) is 4.79 Å². The molecule has 2 nitrogen and oxygen atoms in total. The summed E-state index contributed by atoms with van der Waals surface area (Å²) >= 11 is 3.52. The number of ether oxygens (including phenoxy) is 1. The molecule has 0 saturated carbocycles. The van der Waals surface area contributed by atoms with Gasteiger partial charge in [0.05, 0.1) is 12.7 Å². The van der Waals surface area contributed by atoms with Gasteiger partial charge in [0.1, 0.15) is 5.75 Å². The van der Waals surface area contributed by atoms with Crippen molar-refractivity contribution in [3.63, 3.8) is 0 Å². The van der Waals surface area contributed by atoms with Crippen LogP contribution in [0.25, 0.3) is 0 Å². The molecular formula is C18H19BrO2. The first-order valence-corrected chi connectivity index (χ1v) is 7.65. The maximum Gasteiger partial charge on any atom is 0.171 e. The van der Waals surface area contributed by atoms with Gasteiger partial charge in [0.25, 0.3) is 0 Å². The molecule has 110 valence electrons. The molecule has 2 aromatic carbocycles. The Morgan fingerprint density at radius 3 is 2.52 bits per heavy atom. The Hall–Kier alpha value is -1.61. The van der Waals surface area contributed by atoms with Crippen LogP contribution in [0.4, 0.5) is 0 Å². The Morgan fingerprint density at radius 1 is 1.19 bits per heavy atom. The van der Waals surface area contributed by atoms with Crippen molar-refractivity contribution in [2.24, 2.45) is 0 Å². The predicted molar refractivity (Wildman–Crippen MR) is 89.4 cm³/mol. The van der Waals surface area contributed by atoms with E-state index in [2.05, 4.69) is 15.9 Å². The van der Waals surface area contributed by atoms with E-state index in [0.29, 0.717) is 17.7 Å². The summed E-state index contributed by atoms with van der Waals surface area (Å²) < 4.78 is 6.39. The first-order chi connectivity index (χ1) is 9.93. The summed E-state index contributed by atoms with van der Waals surface area (Å²) in [5, 5.41) is 0. The first-order valence-electron chi connectivity index (χ1n) is 6.86. The summed E-state index contributed by atoms with van der Waals surface area (Å²) in [5.41, 5.74) is 4.75. The Bertz CT molecular complexity index is 690. The van der Waals surface area contributed by atoms with E-state index in [-0.39, 0.29) is 5.78 Å². The number of Topliss-reactive ketones (excluding diaryl/α,β-unsaturated/α-hetero) is 1. The third kappa shape index (κ3) is 3.35. The molecule has 0 heterocycles. The first kappa shape index (κ1) is 15.8. The van der Waals surface area contributed by atoms with Gasteiger partial charge >= 0.3 is 0 Å². The molecule has 0 spiro atoms. The summed E-state index contributed by atoms with van der Waals surface area (Å²) in [5.74, 6) is 0.757. The lowest BCUT2D eigenvalue weighted by atomic mass is 9.95. The fourth-order valence-corrected chi connectivity index (χ4v) is 3.09. The standard InChI is InChI=1S/C18H19BrO2/c1-11-6-5-7-14(8-11)10-16(20)17-13(3)15(19)9-12(2)18(17)21-4/h5-9H,10H2,1-4H3. The van der Waals surface area contributed by atoms with E-state index < -0.39 is 0 Å². The van der Waals surface area contributed by atoms with Crippen molar-refractivity contribution in [2.75, 3.05) is 7.11 Å². The highest BCUT2D eigenvalue weighted by molar-refractivity contribution is 9.10. The van der Waals surface area contributed by atoms with Crippen LogP contribution < -0.4 is 4.74 Å². The van der Waals surface area contributed by atoms with Gasteiger partial charge in [0.2, 0.25) is 0 Å². The van der Waals surface area contributed by atoms with Crippen molar-refractivity contribution in [1.29, 1.82) is 0 Å². The highest BCUT2D eigenvalue weighted by atomic mass is 79.9. The molecule has 2 rings (SSSR count). The summed E-state index contributed by atoms with van der Waals surface area (Å²) in [6, 6.07) is 10.0. The molecule has 0 fully saturated rings. The zero-order valence-corrected chi connectivity index (χ0v) is 14.4. The molecule has 0 atom stereocenters. The van der Waals surface area contributed by atoms with E-state index in [4.69, 9.17) is 4.74 Å². The molecule has 0 unspecified atom stereocenters. The van der Waals surface area contributed by atoms with Crippen LogP contribution in [0, 0.1) is 20.8 Å². The molecule has 0 amide bonds. The van der Waals surface area contributed by atoms with Gasteiger partial charge in [-0.25, -0.2) is 0 Å². The van der Waals surface area contributed by atoms with Crippen molar-refractivity contribution in [3.8, 4) is 5.75 Å². The molecule has 2 aromatic rings. The number of halogens is 1. The molecule has 0 radical (unpaired) electrons. The van der Waals surface area contributed by atoms with Crippen LogP contribution >= 0.6 is 15.9 Å². The van der Waals surface area contributed by atoms with Gasteiger partial charge < -0.3 is 4.74 Å². The number of methoxy groups -OCH3 is 1. The monoisotopic (exact) mass is 346 g/mol. The summed E-state index contributed by atoms with van der Waals surface area (Å²) in [4.78, 5) is 12.7. The molecule has 3 heteroatoms. The molecular weight excluding hydrogens is 328 g/mol. The number of ketones is 1.